The molecule has 1 aromatic carbocycles. The predicted octanol–water partition coefficient (Wildman–Crippen LogP) is 1.92. The molecule has 1 heterocycles. The van der Waals surface area contributed by atoms with Gasteiger partial charge in [-0.1, -0.05) is 18.2 Å². The van der Waals surface area contributed by atoms with Crippen LogP contribution in [0, 0.1) is 5.92 Å². The van der Waals surface area contributed by atoms with E-state index in [0.717, 1.165) is 18.5 Å². The Hall–Kier alpha value is -1.88. The van der Waals surface area contributed by atoms with E-state index in [0.29, 0.717) is 13.2 Å². The molecule has 20 heavy (non-hydrogen) atoms. The van der Waals surface area contributed by atoms with Gasteiger partial charge in [0.1, 0.15) is 0 Å². The van der Waals surface area contributed by atoms with E-state index < -0.39 is 5.97 Å². The van der Waals surface area contributed by atoms with E-state index in [1.165, 1.54) is 0 Å². The van der Waals surface area contributed by atoms with Crippen LogP contribution in [-0.2, 0) is 14.3 Å². The summed E-state index contributed by atoms with van der Waals surface area (Å²) < 4.78 is 5.35. The molecule has 1 amide bonds. The fraction of sp³-hybridized carbons (Fsp3) is 0.467. The zero-order valence-corrected chi connectivity index (χ0v) is 11.3. The van der Waals surface area contributed by atoms with Gasteiger partial charge in [0.15, 0.2) is 0 Å². The molecule has 0 saturated carbocycles. The van der Waals surface area contributed by atoms with Crippen LogP contribution >= 0.6 is 0 Å². The van der Waals surface area contributed by atoms with E-state index in [9.17, 15) is 9.59 Å². The number of hydrogen-bond acceptors (Lipinski definition) is 3. The number of benzene rings is 1. The first-order valence-electron chi connectivity index (χ1n) is 6.84. The van der Waals surface area contributed by atoms with Crippen molar-refractivity contribution in [3.05, 3.63) is 30.3 Å². The number of amides is 1. The maximum absolute atomic E-state index is 12.6. The molecule has 1 aromatic rings. The Morgan fingerprint density at radius 1 is 1.30 bits per heavy atom. The van der Waals surface area contributed by atoms with Gasteiger partial charge in [-0.25, -0.2) is 0 Å². The van der Waals surface area contributed by atoms with Gasteiger partial charge in [-0.15, -0.1) is 0 Å². The first kappa shape index (κ1) is 14.5. The van der Waals surface area contributed by atoms with Gasteiger partial charge >= 0.3 is 5.97 Å². The second-order valence-corrected chi connectivity index (χ2v) is 4.88. The molecule has 0 radical (unpaired) electrons. The number of nitrogens with zero attached hydrogens (tertiary/aromatic N) is 1. The summed E-state index contributed by atoms with van der Waals surface area (Å²) in [4.78, 5) is 24.9. The molecule has 2 rings (SSSR count). The predicted molar refractivity (Wildman–Crippen MR) is 74.6 cm³/mol. The number of carbonyl (C=O) groups excluding carboxylic acids is 1. The molecule has 1 fully saturated rings. The Labute approximate surface area is 118 Å². The van der Waals surface area contributed by atoms with Crippen LogP contribution < -0.4 is 4.90 Å². The number of carboxylic acids is 1. The van der Waals surface area contributed by atoms with Crippen LogP contribution in [0.2, 0.25) is 0 Å². The van der Waals surface area contributed by atoms with E-state index in [4.69, 9.17) is 9.84 Å². The number of carboxylic acid groups (broad SMARTS) is 1. The van der Waals surface area contributed by atoms with Gasteiger partial charge in [0, 0.05) is 18.8 Å². The van der Waals surface area contributed by atoms with Crippen molar-refractivity contribution in [3.8, 4) is 0 Å². The number of ether oxygens (including phenoxy) is 1. The van der Waals surface area contributed by atoms with Crippen LogP contribution in [0.1, 0.15) is 19.3 Å². The summed E-state index contributed by atoms with van der Waals surface area (Å²) in [6, 6.07) is 9.20. The maximum atomic E-state index is 12.6. The second kappa shape index (κ2) is 7.05. The van der Waals surface area contributed by atoms with Crippen molar-refractivity contribution in [2.24, 2.45) is 5.92 Å². The molecule has 108 valence electrons. The minimum atomic E-state index is -0.904. The molecule has 5 heteroatoms. The number of carbonyl (C=O) groups is 2. The summed E-state index contributed by atoms with van der Waals surface area (Å²) in [6.45, 7) is 1.31. The number of hydrogen-bond donors (Lipinski definition) is 1. The smallest absolute Gasteiger partial charge is 0.305 e. The molecule has 0 aromatic heterocycles. The quantitative estimate of drug-likeness (QED) is 0.893. The van der Waals surface area contributed by atoms with Crippen molar-refractivity contribution < 1.29 is 19.4 Å². The topological polar surface area (TPSA) is 66.8 Å². The minimum absolute atomic E-state index is 0.0443. The van der Waals surface area contributed by atoms with Crippen molar-refractivity contribution >= 4 is 17.6 Å². The largest absolute Gasteiger partial charge is 0.481 e. The van der Waals surface area contributed by atoms with Gasteiger partial charge in [0.2, 0.25) is 5.91 Å². The van der Waals surface area contributed by atoms with Gasteiger partial charge in [0.05, 0.1) is 18.9 Å². The van der Waals surface area contributed by atoms with Crippen molar-refractivity contribution in [3.63, 3.8) is 0 Å². The van der Waals surface area contributed by atoms with Crippen LogP contribution in [-0.4, -0.2) is 36.7 Å². The number of anilines is 1. The standard InChI is InChI=1S/C15H19NO4/c17-14(18)8-9-16(13-6-2-1-3-7-13)15(19)12-5-4-10-20-11-12/h1-3,6-7,12H,4-5,8-11H2,(H,17,18). The summed E-state index contributed by atoms with van der Waals surface area (Å²) in [5, 5.41) is 8.84. The average molecular weight is 277 g/mol. The van der Waals surface area contributed by atoms with E-state index in [1.54, 1.807) is 4.90 Å². The van der Waals surface area contributed by atoms with Crippen LogP contribution in [0.25, 0.3) is 0 Å². The Kier molecular flexibility index (Phi) is 5.12. The summed E-state index contributed by atoms with van der Waals surface area (Å²) in [6.07, 6.45) is 1.61. The molecule has 1 atom stereocenters. The van der Waals surface area contributed by atoms with Crippen LogP contribution in [0.15, 0.2) is 30.3 Å². The van der Waals surface area contributed by atoms with Gasteiger partial charge < -0.3 is 14.7 Å². The van der Waals surface area contributed by atoms with Crippen LogP contribution in [0.4, 0.5) is 5.69 Å². The zero-order chi connectivity index (χ0) is 14.4. The van der Waals surface area contributed by atoms with Crippen molar-refractivity contribution in [1.29, 1.82) is 0 Å². The third-order valence-corrected chi connectivity index (χ3v) is 3.39. The number of para-hydroxylation sites is 1. The van der Waals surface area contributed by atoms with Crippen LogP contribution in [0.3, 0.4) is 0 Å². The molecule has 1 aliphatic rings. The Balaban J connectivity index is 2.12. The molecule has 1 N–H and O–H groups in total. The molecule has 0 aliphatic carbocycles. The summed E-state index contributed by atoms with van der Waals surface area (Å²) in [5.74, 6) is -1.12. The number of rotatable bonds is 5. The zero-order valence-electron chi connectivity index (χ0n) is 11.3. The molecule has 1 aliphatic heterocycles. The molecular weight excluding hydrogens is 258 g/mol. The number of aliphatic carboxylic acids is 1. The van der Waals surface area contributed by atoms with Crippen molar-refractivity contribution in [2.75, 3.05) is 24.7 Å². The van der Waals surface area contributed by atoms with Crippen molar-refractivity contribution in [2.45, 2.75) is 19.3 Å². The van der Waals surface area contributed by atoms with Gasteiger partial charge in [-0.3, -0.25) is 9.59 Å². The highest BCUT2D eigenvalue weighted by molar-refractivity contribution is 5.95. The van der Waals surface area contributed by atoms with E-state index in [-0.39, 0.29) is 24.8 Å². The molecule has 0 bridgehead atoms. The summed E-state index contributed by atoms with van der Waals surface area (Å²) in [7, 11) is 0. The van der Waals surface area contributed by atoms with Gasteiger partial charge in [-0.2, -0.15) is 0 Å². The van der Waals surface area contributed by atoms with E-state index in [2.05, 4.69) is 0 Å². The molecule has 1 unspecified atom stereocenters. The molecule has 1 saturated heterocycles. The molecule has 5 nitrogen and oxygen atoms in total. The Morgan fingerprint density at radius 3 is 2.65 bits per heavy atom. The van der Waals surface area contributed by atoms with Gasteiger partial charge in [-0.05, 0) is 25.0 Å². The van der Waals surface area contributed by atoms with E-state index >= 15 is 0 Å². The highest BCUT2D eigenvalue weighted by Crippen LogP contribution is 2.21. The average Bonchev–Trinajstić information content (AvgIpc) is 2.49. The lowest BCUT2D eigenvalue weighted by atomic mass is 10.00. The first-order valence-corrected chi connectivity index (χ1v) is 6.84. The highest BCUT2D eigenvalue weighted by atomic mass is 16.5. The second-order valence-electron chi connectivity index (χ2n) is 4.88. The fourth-order valence-electron chi connectivity index (χ4n) is 2.34. The highest BCUT2D eigenvalue weighted by Gasteiger charge is 2.27. The van der Waals surface area contributed by atoms with Crippen molar-refractivity contribution in [1.82, 2.24) is 0 Å². The summed E-state index contributed by atoms with van der Waals surface area (Å²) >= 11 is 0. The first-order chi connectivity index (χ1) is 9.68. The lowest BCUT2D eigenvalue weighted by Crippen LogP contribution is -2.40. The summed E-state index contributed by atoms with van der Waals surface area (Å²) in [5.41, 5.74) is 0.740. The molecular formula is C15H19NO4. The molecule has 0 spiro atoms. The fourth-order valence-corrected chi connectivity index (χ4v) is 2.34. The Bertz CT molecular complexity index is 454. The Morgan fingerprint density at radius 2 is 2.05 bits per heavy atom. The monoisotopic (exact) mass is 277 g/mol. The third-order valence-electron chi connectivity index (χ3n) is 3.39. The maximum Gasteiger partial charge on any atom is 0.305 e. The van der Waals surface area contributed by atoms with Crippen LogP contribution in [0.5, 0.6) is 0 Å². The third kappa shape index (κ3) is 3.81. The lowest BCUT2D eigenvalue weighted by molar-refractivity contribution is -0.136. The van der Waals surface area contributed by atoms with E-state index in [1.807, 2.05) is 30.3 Å². The minimum Gasteiger partial charge on any atom is -0.481 e. The normalized spacial score (nSPS) is 18.5. The SMILES string of the molecule is O=C(O)CCN(C(=O)C1CCCOC1)c1ccccc1. The van der Waals surface area contributed by atoms with Gasteiger partial charge in [0.25, 0.3) is 0 Å². The lowest BCUT2D eigenvalue weighted by Gasteiger charge is -2.29.